The average molecular weight is 433 g/mol. The van der Waals surface area contributed by atoms with E-state index in [1.807, 2.05) is 0 Å². The minimum atomic E-state index is -4.93. The number of rotatable bonds is 5. The van der Waals surface area contributed by atoms with E-state index < -0.39 is 29.2 Å². The Morgan fingerprint density at radius 1 is 1.03 bits per heavy atom. The molecule has 160 valence electrons. The van der Waals surface area contributed by atoms with Crippen LogP contribution in [0.25, 0.3) is 5.69 Å². The first kappa shape index (κ1) is 21.3. The Morgan fingerprint density at radius 3 is 2.20 bits per heavy atom. The normalized spacial score (nSPS) is 12.1. The van der Waals surface area contributed by atoms with Crippen LogP contribution in [0.3, 0.4) is 0 Å². The number of hydrogen-bond donors (Lipinski definition) is 1. The molecule has 0 aliphatic carbocycles. The fourth-order valence-electron chi connectivity index (χ4n) is 2.58. The van der Waals surface area contributed by atoms with E-state index in [4.69, 9.17) is 9.15 Å². The number of methoxy groups -OCH3 is 1. The zero-order valence-corrected chi connectivity index (χ0v) is 15.1. The van der Waals surface area contributed by atoms with E-state index in [2.05, 4.69) is 10.4 Å². The van der Waals surface area contributed by atoms with Crippen molar-refractivity contribution >= 4 is 5.69 Å². The molecular formula is C18H13F6N3O3. The highest BCUT2D eigenvalue weighted by Gasteiger charge is 2.36. The van der Waals surface area contributed by atoms with Crippen molar-refractivity contribution < 1.29 is 35.5 Å². The lowest BCUT2D eigenvalue weighted by Crippen LogP contribution is -2.14. The van der Waals surface area contributed by atoms with E-state index in [9.17, 15) is 31.1 Å². The van der Waals surface area contributed by atoms with Crippen LogP contribution in [0.1, 0.15) is 16.7 Å². The zero-order chi connectivity index (χ0) is 22.1. The molecule has 3 rings (SSSR count). The Labute approximate surface area is 164 Å². The van der Waals surface area contributed by atoms with Gasteiger partial charge >= 0.3 is 24.2 Å². The minimum Gasteiger partial charge on any atom is -0.452 e. The quantitative estimate of drug-likeness (QED) is 0.601. The smallest absolute Gasteiger partial charge is 0.444 e. The number of nitrogens with one attached hydrogen (secondary N) is 1. The van der Waals surface area contributed by atoms with Crippen molar-refractivity contribution in [3.05, 3.63) is 69.7 Å². The van der Waals surface area contributed by atoms with Crippen LogP contribution in [-0.2, 0) is 18.9 Å². The molecule has 0 aliphatic heterocycles. The number of anilines is 1. The summed E-state index contributed by atoms with van der Waals surface area (Å²) < 4.78 is 88.1. The molecule has 12 heteroatoms. The number of hydrogen-bond acceptors (Lipinski definition) is 5. The molecular weight excluding hydrogens is 420 g/mol. The van der Waals surface area contributed by atoms with Crippen LogP contribution in [0.5, 0.6) is 6.08 Å². The summed E-state index contributed by atoms with van der Waals surface area (Å²) in [6.45, 7) is -0.326. The number of benzene rings is 2. The lowest BCUT2D eigenvalue weighted by molar-refractivity contribution is -0.143. The molecule has 0 saturated carbocycles. The van der Waals surface area contributed by atoms with Gasteiger partial charge in [-0.15, -0.1) is 0 Å². The van der Waals surface area contributed by atoms with E-state index >= 15 is 0 Å². The maximum absolute atomic E-state index is 13.0. The van der Waals surface area contributed by atoms with Gasteiger partial charge in [-0.25, -0.2) is 4.79 Å². The number of alkyl halides is 6. The van der Waals surface area contributed by atoms with Crippen LogP contribution in [0, 0.1) is 0 Å². The van der Waals surface area contributed by atoms with Crippen molar-refractivity contribution in [2.24, 2.45) is 0 Å². The van der Waals surface area contributed by atoms with Crippen molar-refractivity contribution in [1.29, 1.82) is 0 Å². The number of aromatic nitrogens is 2. The summed E-state index contributed by atoms with van der Waals surface area (Å²) in [5.41, 5.74) is -2.44. The number of halogens is 6. The Balaban J connectivity index is 1.87. The summed E-state index contributed by atoms with van der Waals surface area (Å²) in [7, 11) is 1.25. The van der Waals surface area contributed by atoms with Gasteiger partial charge in [-0.1, -0.05) is 11.2 Å². The Hall–Kier alpha value is -3.44. The molecule has 6 nitrogen and oxygen atoms in total. The van der Waals surface area contributed by atoms with Gasteiger partial charge in [-0.2, -0.15) is 31.0 Å². The van der Waals surface area contributed by atoms with Crippen LogP contribution < -0.4 is 15.8 Å². The van der Waals surface area contributed by atoms with Gasteiger partial charge in [0.2, 0.25) is 0 Å². The van der Waals surface area contributed by atoms with Gasteiger partial charge in [0.25, 0.3) is 0 Å². The summed E-state index contributed by atoms with van der Waals surface area (Å²) >= 11 is 0. The van der Waals surface area contributed by atoms with E-state index in [0.29, 0.717) is 17.8 Å². The molecule has 0 radical (unpaired) electrons. The van der Waals surface area contributed by atoms with Crippen LogP contribution in [0.4, 0.5) is 32.0 Å². The van der Waals surface area contributed by atoms with Gasteiger partial charge in [-0.3, -0.25) is 0 Å². The molecule has 0 spiro atoms. The monoisotopic (exact) mass is 433 g/mol. The van der Waals surface area contributed by atoms with Gasteiger partial charge in [0.1, 0.15) is 0 Å². The Morgan fingerprint density at radius 2 is 1.67 bits per heavy atom. The number of ether oxygens (including phenoxy) is 1. The van der Waals surface area contributed by atoms with E-state index in [1.165, 1.54) is 31.4 Å². The molecule has 3 aromatic rings. The zero-order valence-electron chi connectivity index (χ0n) is 15.1. The first-order valence-corrected chi connectivity index (χ1v) is 8.24. The summed E-state index contributed by atoms with van der Waals surface area (Å²) in [5, 5.41) is 6.50. The first-order valence-electron chi connectivity index (χ1n) is 8.24. The van der Waals surface area contributed by atoms with Gasteiger partial charge in [0, 0.05) is 12.2 Å². The van der Waals surface area contributed by atoms with Gasteiger partial charge in [-0.05, 0) is 42.0 Å². The highest BCUT2D eigenvalue weighted by atomic mass is 19.4. The van der Waals surface area contributed by atoms with Crippen LogP contribution >= 0.6 is 0 Å². The third-order valence-electron chi connectivity index (χ3n) is 3.94. The molecule has 0 aliphatic rings. The lowest BCUT2D eigenvalue weighted by Gasteiger charge is -2.15. The number of nitrogens with zero attached hydrogens (tertiary/aromatic N) is 2. The topological polar surface area (TPSA) is 69.3 Å². The van der Waals surface area contributed by atoms with Gasteiger partial charge in [0.15, 0.2) is 0 Å². The predicted octanol–water partition coefficient (Wildman–Crippen LogP) is 4.48. The molecule has 0 amide bonds. The standard InChI is InChI=1S/C18H13F6N3O3/c1-29-15-26-27(16(28)30-15)14-4-2-3-13(8-14)25-9-10-5-11(17(19,20)21)7-12(6-10)18(22,23)24/h2-8,25H,9H2,1H3. The molecule has 2 aromatic carbocycles. The Bertz CT molecular complexity index is 1070. The molecule has 1 heterocycles. The average Bonchev–Trinajstić information content (AvgIpc) is 3.06. The van der Waals surface area contributed by atoms with Crippen molar-refractivity contribution in [3.63, 3.8) is 0 Å². The first-order chi connectivity index (χ1) is 14.0. The predicted molar refractivity (Wildman–Crippen MR) is 92.4 cm³/mol. The SMILES string of the molecule is COc1nn(-c2cccc(NCc3cc(C(F)(F)F)cc(C(F)(F)F)c3)c2)c(=O)o1. The van der Waals surface area contributed by atoms with Crippen LogP contribution in [0.15, 0.2) is 51.7 Å². The Kier molecular flexibility index (Phi) is 5.51. The van der Waals surface area contributed by atoms with Crippen molar-refractivity contribution in [3.8, 4) is 11.8 Å². The second kappa shape index (κ2) is 7.76. The summed E-state index contributed by atoms with van der Waals surface area (Å²) in [4.78, 5) is 11.8. The summed E-state index contributed by atoms with van der Waals surface area (Å²) in [5.74, 6) is -0.836. The fraction of sp³-hybridized carbons (Fsp3) is 0.222. The summed E-state index contributed by atoms with van der Waals surface area (Å²) in [6, 6.07) is 7.29. The second-order valence-electron chi connectivity index (χ2n) is 6.07. The molecule has 0 atom stereocenters. The van der Waals surface area contributed by atoms with Crippen molar-refractivity contribution in [1.82, 2.24) is 9.78 Å². The molecule has 0 bridgehead atoms. The molecule has 0 saturated heterocycles. The molecule has 1 N–H and O–H groups in total. The largest absolute Gasteiger partial charge is 0.452 e. The van der Waals surface area contributed by atoms with Crippen molar-refractivity contribution in [2.45, 2.75) is 18.9 Å². The fourth-order valence-corrected chi connectivity index (χ4v) is 2.58. The van der Waals surface area contributed by atoms with Crippen LogP contribution in [-0.4, -0.2) is 16.9 Å². The highest BCUT2D eigenvalue weighted by molar-refractivity contribution is 5.51. The molecule has 0 fully saturated rings. The van der Waals surface area contributed by atoms with Crippen molar-refractivity contribution in [2.75, 3.05) is 12.4 Å². The molecule has 1 aromatic heterocycles. The van der Waals surface area contributed by atoms with Gasteiger partial charge < -0.3 is 14.5 Å². The van der Waals surface area contributed by atoms with Gasteiger partial charge in [0.05, 0.1) is 23.9 Å². The van der Waals surface area contributed by atoms with E-state index in [-0.39, 0.29) is 29.9 Å². The maximum atomic E-state index is 13.0. The maximum Gasteiger partial charge on any atom is 0.444 e. The second-order valence-corrected chi connectivity index (χ2v) is 6.07. The minimum absolute atomic E-state index is 0.0640. The third kappa shape index (κ3) is 4.75. The van der Waals surface area contributed by atoms with E-state index in [1.54, 1.807) is 0 Å². The lowest BCUT2D eigenvalue weighted by atomic mass is 10.0. The third-order valence-corrected chi connectivity index (χ3v) is 3.94. The molecule has 30 heavy (non-hydrogen) atoms. The van der Waals surface area contributed by atoms with Crippen LogP contribution in [0.2, 0.25) is 0 Å². The summed E-state index contributed by atoms with van der Waals surface area (Å²) in [6.07, 6.45) is -10.1. The molecule has 0 unspecified atom stereocenters. The van der Waals surface area contributed by atoms with E-state index in [0.717, 1.165) is 4.68 Å². The highest BCUT2D eigenvalue weighted by Crippen LogP contribution is 2.36.